The van der Waals surface area contributed by atoms with E-state index in [0.717, 1.165) is 19.3 Å². The van der Waals surface area contributed by atoms with Crippen LogP contribution < -0.4 is 0 Å². The maximum atomic E-state index is 9.24. The highest BCUT2D eigenvalue weighted by Gasteiger charge is 2.37. The first-order valence-electron chi connectivity index (χ1n) is 10.0. The lowest BCUT2D eigenvalue weighted by Gasteiger charge is -2.39. The fourth-order valence-corrected chi connectivity index (χ4v) is 4.55. The highest BCUT2D eigenvalue weighted by molar-refractivity contribution is 6.24. The molecule has 0 radical (unpaired) electrons. The predicted octanol–water partition coefficient (Wildman–Crippen LogP) is 6.85. The number of hydrogen-bond acceptors (Lipinski definition) is 1. The Balaban J connectivity index is 2.02. The molecule has 0 saturated heterocycles. The first-order valence-corrected chi connectivity index (χ1v) is 10.4. The van der Waals surface area contributed by atoms with E-state index in [9.17, 15) is 5.11 Å². The van der Waals surface area contributed by atoms with E-state index in [2.05, 4.69) is 6.92 Å². The molecule has 1 saturated carbocycles. The Labute approximate surface area is 144 Å². The number of halogens is 1. The van der Waals surface area contributed by atoms with E-state index in [-0.39, 0.29) is 4.87 Å². The molecule has 0 spiro atoms. The summed E-state index contributed by atoms with van der Waals surface area (Å²) in [6.07, 6.45) is 20.9. The van der Waals surface area contributed by atoms with Gasteiger partial charge in [-0.1, -0.05) is 84.0 Å². The maximum absolute atomic E-state index is 9.24. The molecule has 1 fully saturated rings. The Morgan fingerprint density at radius 2 is 1.50 bits per heavy atom. The van der Waals surface area contributed by atoms with Crippen LogP contribution in [0.2, 0.25) is 0 Å². The van der Waals surface area contributed by atoms with Gasteiger partial charge in [-0.05, 0) is 31.6 Å². The van der Waals surface area contributed by atoms with E-state index in [4.69, 9.17) is 11.6 Å². The molecule has 1 nitrogen and oxygen atoms in total. The Morgan fingerprint density at radius 1 is 0.909 bits per heavy atom. The van der Waals surface area contributed by atoms with Crippen LogP contribution >= 0.6 is 11.6 Å². The van der Waals surface area contributed by atoms with Gasteiger partial charge < -0.3 is 5.11 Å². The van der Waals surface area contributed by atoms with Gasteiger partial charge in [0.1, 0.15) is 0 Å². The summed E-state index contributed by atoms with van der Waals surface area (Å²) < 4.78 is 0. The van der Waals surface area contributed by atoms with E-state index in [1.165, 1.54) is 83.5 Å². The third kappa shape index (κ3) is 8.20. The standard InChI is InChI=1S/C20H39ClO/c1-2-3-4-5-6-7-8-9-10-12-16-20(21)17-13-11-14-19(20)15-18-22/h19,22H,2-18H2,1H3. The zero-order valence-electron chi connectivity index (χ0n) is 14.9. The molecule has 0 aliphatic heterocycles. The van der Waals surface area contributed by atoms with Crippen LogP contribution in [0.5, 0.6) is 0 Å². The van der Waals surface area contributed by atoms with Crippen molar-refractivity contribution in [2.24, 2.45) is 5.92 Å². The number of aliphatic hydroxyl groups is 1. The Morgan fingerprint density at radius 3 is 2.09 bits per heavy atom. The summed E-state index contributed by atoms with van der Waals surface area (Å²) >= 11 is 6.92. The lowest BCUT2D eigenvalue weighted by molar-refractivity contribution is 0.183. The summed E-state index contributed by atoms with van der Waals surface area (Å²) in [6.45, 7) is 2.58. The van der Waals surface area contributed by atoms with Crippen LogP contribution in [0.25, 0.3) is 0 Å². The van der Waals surface area contributed by atoms with Gasteiger partial charge in [0.15, 0.2) is 0 Å². The van der Waals surface area contributed by atoms with Gasteiger partial charge >= 0.3 is 0 Å². The van der Waals surface area contributed by atoms with Crippen molar-refractivity contribution in [2.75, 3.05) is 6.61 Å². The smallest absolute Gasteiger partial charge is 0.0475 e. The molecular formula is C20H39ClO. The molecular weight excluding hydrogens is 292 g/mol. The average Bonchev–Trinajstić information content (AvgIpc) is 2.52. The highest BCUT2D eigenvalue weighted by Crippen LogP contribution is 2.44. The predicted molar refractivity (Wildman–Crippen MR) is 98.7 cm³/mol. The van der Waals surface area contributed by atoms with Crippen LogP contribution in [0.4, 0.5) is 0 Å². The molecule has 0 amide bonds. The number of alkyl halides is 1. The number of hydrogen-bond donors (Lipinski definition) is 1. The van der Waals surface area contributed by atoms with Crippen molar-refractivity contribution in [3.8, 4) is 0 Å². The molecule has 1 aliphatic carbocycles. The fourth-order valence-electron chi connectivity index (χ4n) is 4.07. The molecule has 2 atom stereocenters. The Kier molecular flexibility index (Phi) is 11.7. The lowest BCUT2D eigenvalue weighted by Crippen LogP contribution is -2.35. The van der Waals surface area contributed by atoms with Gasteiger partial charge in [-0.15, -0.1) is 11.6 Å². The maximum Gasteiger partial charge on any atom is 0.0475 e. The SMILES string of the molecule is CCCCCCCCCCCCC1(Cl)CCCCC1CCO. The first-order chi connectivity index (χ1) is 10.7. The molecule has 1 aliphatic rings. The summed E-state index contributed by atoms with van der Waals surface area (Å²) in [5, 5.41) is 9.24. The van der Waals surface area contributed by atoms with Crippen LogP contribution in [0.1, 0.15) is 110 Å². The minimum atomic E-state index is 0.00112. The minimum absolute atomic E-state index is 0.00112. The Bertz CT molecular complexity index is 254. The molecule has 132 valence electrons. The van der Waals surface area contributed by atoms with Gasteiger partial charge in [0.05, 0.1) is 0 Å². The molecule has 22 heavy (non-hydrogen) atoms. The number of aliphatic hydroxyl groups excluding tert-OH is 1. The molecule has 1 rings (SSSR count). The monoisotopic (exact) mass is 330 g/mol. The van der Waals surface area contributed by atoms with Crippen LogP contribution in [0.15, 0.2) is 0 Å². The molecule has 0 bridgehead atoms. The normalized spacial score (nSPS) is 25.5. The lowest BCUT2D eigenvalue weighted by atomic mass is 9.74. The van der Waals surface area contributed by atoms with Crippen molar-refractivity contribution in [3.05, 3.63) is 0 Å². The molecule has 2 heteroatoms. The third-order valence-electron chi connectivity index (χ3n) is 5.55. The van der Waals surface area contributed by atoms with E-state index >= 15 is 0 Å². The van der Waals surface area contributed by atoms with E-state index in [0.29, 0.717) is 12.5 Å². The molecule has 0 aromatic heterocycles. The first kappa shape index (κ1) is 20.3. The van der Waals surface area contributed by atoms with E-state index in [1.807, 2.05) is 0 Å². The Hall–Kier alpha value is 0.250. The van der Waals surface area contributed by atoms with Crippen molar-refractivity contribution < 1.29 is 5.11 Å². The van der Waals surface area contributed by atoms with Crippen molar-refractivity contribution in [3.63, 3.8) is 0 Å². The van der Waals surface area contributed by atoms with E-state index < -0.39 is 0 Å². The van der Waals surface area contributed by atoms with Gasteiger partial charge in [-0.2, -0.15) is 0 Å². The zero-order chi connectivity index (χ0) is 16.1. The van der Waals surface area contributed by atoms with Crippen molar-refractivity contribution in [2.45, 2.75) is 115 Å². The van der Waals surface area contributed by atoms with Crippen LogP contribution in [0, 0.1) is 5.92 Å². The van der Waals surface area contributed by atoms with Crippen molar-refractivity contribution in [1.82, 2.24) is 0 Å². The molecule has 0 heterocycles. The van der Waals surface area contributed by atoms with Gasteiger partial charge in [0, 0.05) is 11.5 Å². The van der Waals surface area contributed by atoms with Gasteiger partial charge in [-0.25, -0.2) is 0 Å². The van der Waals surface area contributed by atoms with Gasteiger partial charge in [0.25, 0.3) is 0 Å². The summed E-state index contributed by atoms with van der Waals surface area (Å²) in [4.78, 5) is 0.00112. The largest absolute Gasteiger partial charge is 0.396 e. The second-order valence-corrected chi connectivity index (χ2v) is 8.17. The summed E-state index contributed by atoms with van der Waals surface area (Å²) in [5.74, 6) is 0.548. The van der Waals surface area contributed by atoms with Gasteiger partial charge in [0.2, 0.25) is 0 Å². The zero-order valence-corrected chi connectivity index (χ0v) is 15.7. The third-order valence-corrected chi connectivity index (χ3v) is 6.24. The quantitative estimate of drug-likeness (QED) is 0.289. The van der Waals surface area contributed by atoms with E-state index in [1.54, 1.807) is 0 Å². The number of unbranched alkanes of at least 4 members (excludes halogenated alkanes) is 9. The number of rotatable bonds is 13. The molecule has 1 N–H and O–H groups in total. The summed E-state index contributed by atoms with van der Waals surface area (Å²) in [6, 6.07) is 0. The van der Waals surface area contributed by atoms with Crippen LogP contribution in [-0.2, 0) is 0 Å². The van der Waals surface area contributed by atoms with Crippen LogP contribution in [-0.4, -0.2) is 16.6 Å². The second-order valence-electron chi connectivity index (χ2n) is 7.42. The average molecular weight is 331 g/mol. The molecule has 0 aromatic rings. The molecule has 0 aromatic carbocycles. The summed E-state index contributed by atoms with van der Waals surface area (Å²) in [5.41, 5.74) is 0. The second kappa shape index (κ2) is 12.6. The van der Waals surface area contributed by atoms with Crippen molar-refractivity contribution in [1.29, 1.82) is 0 Å². The fraction of sp³-hybridized carbons (Fsp3) is 1.00. The molecule has 2 unspecified atom stereocenters. The topological polar surface area (TPSA) is 20.2 Å². The minimum Gasteiger partial charge on any atom is -0.396 e. The van der Waals surface area contributed by atoms with Crippen molar-refractivity contribution >= 4 is 11.6 Å². The van der Waals surface area contributed by atoms with Crippen LogP contribution in [0.3, 0.4) is 0 Å². The summed E-state index contributed by atoms with van der Waals surface area (Å²) in [7, 11) is 0. The van der Waals surface area contributed by atoms with Gasteiger partial charge in [-0.3, -0.25) is 0 Å². The highest BCUT2D eigenvalue weighted by atomic mass is 35.5.